The SMILES string of the molecule is CCCOc1ccc(C2C(=C(O)c3cc(C)ccc3C)C(=O)C(=O)N2Cc2cccnc2)cc1. The van der Waals surface area contributed by atoms with Crippen LogP contribution in [0.2, 0.25) is 0 Å². The molecule has 34 heavy (non-hydrogen) atoms. The zero-order valence-corrected chi connectivity index (χ0v) is 19.6. The highest BCUT2D eigenvalue weighted by Crippen LogP contribution is 2.41. The number of aryl methyl sites for hydroxylation is 2. The monoisotopic (exact) mass is 456 g/mol. The molecule has 1 saturated heterocycles. The van der Waals surface area contributed by atoms with Crippen molar-refractivity contribution in [1.82, 2.24) is 9.88 Å². The first-order valence-electron chi connectivity index (χ1n) is 11.4. The number of likely N-dealkylation sites (tertiary alicyclic amines) is 1. The van der Waals surface area contributed by atoms with E-state index in [-0.39, 0.29) is 17.9 Å². The second kappa shape index (κ2) is 9.91. The van der Waals surface area contributed by atoms with Gasteiger partial charge in [0.2, 0.25) is 0 Å². The fraction of sp³-hybridized carbons (Fsp3) is 0.250. The highest BCUT2D eigenvalue weighted by molar-refractivity contribution is 6.46. The summed E-state index contributed by atoms with van der Waals surface area (Å²) in [5.74, 6) is -0.792. The Kier molecular flexibility index (Phi) is 6.77. The molecular weight excluding hydrogens is 428 g/mol. The number of ketones is 1. The molecule has 174 valence electrons. The lowest BCUT2D eigenvalue weighted by Crippen LogP contribution is -2.29. The summed E-state index contributed by atoms with van der Waals surface area (Å²) < 4.78 is 5.69. The summed E-state index contributed by atoms with van der Waals surface area (Å²) in [6.45, 7) is 6.62. The second-order valence-electron chi connectivity index (χ2n) is 8.52. The zero-order chi connectivity index (χ0) is 24.2. The van der Waals surface area contributed by atoms with Gasteiger partial charge in [0.15, 0.2) is 0 Å². The first-order valence-corrected chi connectivity index (χ1v) is 11.4. The average molecular weight is 457 g/mol. The molecule has 1 unspecified atom stereocenters. The van der Waals surface area contributed by atoms with E-state index in [1.54, 1.807) is 18.5 Å². The first kappa shape index (κ1) is 23.2. The van der Waals surface area contributed by atoms with Crippen LogP contribution in [0.3, 0.4) is 0 Å². The molecule has 3 aromatic rings. The summed E-state index contributed by atoms with van der Waals surface area (Å²) in [4.78, 5) is 32.1. The normalized spacial score (nSPS) is 17.3. The Balaban J connectivity index is 1.84. The van der Waals surface area contributed by atoms with Gasteiger partial charge in [-0.2, -0.15) is 0 Å². The van der Waals surface area contributed by atoms with Crippen molar-refractivity contribution in [1.29, 1.82) is 0 Å². The van der Waals surface area contributed by atoms with E-state index in [1.165, 1.54) is 4.90 Å². The molecule has 1 aliphatic rings. The third kappa shape index (κ3) is 4.57. The van der Waals surface area contributed by atoms with E-state index in [1.807, 2.05) is 69.3 Å². The number of aromatic nitrogens is 1. The van der Waals surface area contributed by atoms with Gasteiger partial charge >= 0.3 is 0 Å². The first-order chi connectivity index (χ1) is 16.4. The summed E-state index contributed by atoms with van der Waals surface area (Å²) in [7, 11) is 0. The lowest BCUT2D eigenvalue weighted by Gasteiger charge is -2.25. The summed E-state index contributed by atoms with van der Waals surface area (Å²) in [6.07, 6.45) is 4.22. The Morgan fingerprint density at radius 2 is 1.85 bits per heavy atom. The van der Waals surface area contributed by atoms with E-state index >= 15 is 0 Å². The second-order valence-corrected chi connectivity index (χ2v) is 8.52. The van der Waals surface area contributed by atoms with Gasteiger partial charge in [-0.25, -0.2) is 0 Å². The number of aliphatic hydroxyl groups is 1. The molecule has 6 nitrogen and oxygen atoms in total. The maximum atomic E-state index is 13.3. The van der Waals surface area contributed by atoms with Crippen molar-refractivity contribution < 1.29 is 19.4 Å². The minimum atomic E-state index is -0.736. The van der Waals surface area contributed by atoms with Crippen LogP contribution in [0, 0.1) is 13.8 Å². The van der Waals surface area contributed by atoms with Crippen molar-refractivity contribution >= 4 is 17.4 Å². The molecule has 0 bridgehead atoms. The molecule has 0 aliphatic carbocycles. The lowest BCUT2D eigenvalue weighted by molar-refractivity contribution is -0.140. The Bertz CT molecular complexity index is 1230. The standard InChI is InChI=1S/C28H28N2O4/c1-4-14-34-22-11-9-21(10-12-22)25-24(26(31)23-15-18(2)7-8-19(23)3)27(32)28(33)30(25)17-20-6-5-13-29-16-20/h5-13,15-16,25,31H,4,14,17H2,1-3H3. The highest BCUT2D eigenvalue weighted by Gasteiger charge is 2.46. The van der Waals surface area contributed by atoms with Crippen LogP contribution in [0.5, 0.6) is 5.75 Å². The molecular formula is C28H28N2O4. The van der Waals surface area contributed by atoms with E-state index in [0.29, 0.717) is 17.9 Å². The number of hydrogen-bond donors (Lipinski definition) is 1. The average Bonchev–Trinajstić information content (AvgIpc) is 3.09. The van der Waals surface area contributed by atoms with E-state index < -0.39 is 17.7 Å². The number of rotatable bonds is 7. The smallest absolute Gasteiger partial charge is 0.295 e. The van der Waals surface area contributed by atoms with Gasteiger partial charge in [-0.15, -0.1) is 0 Å². The van der Waals surface area contributed by atoms with Crippen molar-refractivity contribution in [2.75, 3.05) is 6.61 Å². The van der Waals surface area contributed by atoms with Crippen molar-refractivity contribution in [3.05, 3.63) is 100 Å². The van der Waals surface area contributed by atoms with Crippen LogP contribution in [-0.4, -0.2) is 33.3 Å². The van der Waals surface area contributed by atoms with Gasteiger partial charge in [0.25, 0.3) is 11.7 Å². The Morgan fingerprint density at radius 3 is 2.53 bits per heavy atom. The maximum Gasteiger partial charge on any atom is 0.295 e. The molecule has 1 fully saturated rings. The number of nitrogens with zero attached hydrogens (tertiary/aromatic N) is 2. The van der Waals surface area contributed by atoms with Crippen molar-refractivity contribution in [3.63, 3.8) is 0 Å². The van der Waals surface area contributed by atoms with E-state index in [9.17, 15) is 14.7 Å². The van der Waals surface area contributed by atoms with Crippen molar-refractivity contribution in [2.45, 2.75) is 39.8 Å². The number of pyridine rings is 1. The summed E-state index contributed by atoms with van der Waals surface area (Å²) in [5.41, 5.74) is 3.93. The number of carbonyl (C=O) groups excluding carboxylic acids is 2. The fourth-order valence-electron chi connectivity index (χ4n) is 4.18. The number of benzene rings is 2. The molecule has 2 heterocycles. The number of carbonyl (C=O) groups is 2. The van der Waals surface area contributed by atoms with Gasteiger partial charge in [0.05, 0.1) is 18.2 Å². The molecule has 1 aromatic heterocycles. The molecule has 2 aromatic carbocycles. The van der Waals surface area contributed by atoms with Gasteiger partial charge in [0.1, 0.15) is 11.5 Å². The Morgan fingerprint density at radius 1 is 1.09 bits per heavy atom. The minimum Gasteiger partial charge on any atom is -0.507 e. The summed E-state index contributed by atoms with van der Waals surface area (Å²) in [5, 5.41) is 11.3. The van der Waals surface area contributed by atoms with Crippen LogP contribution < -0.4 is 4.74 Å². The number of aliphatic hydroxyl groups excluding tert-OH is 1. The fourth-order valence-corrected chi connectivity index (χ4v) is 4.18. The Labute approximate surface area is 199 Å². The van der Waals surface area contributed by atoms with Gasteiger partial charge < -0.3 is 14.7 Å². The zero-order valence-electron chi connectivity index (χ0n) is 19.6. The minimum absolute atomic E-state index is 0.0878. The molecule has 1 aliphatic heterocycles. The van der Waals surface area contributed by atoms with E-state index in [0.717, 1.165) is 28.7 Å². The molecule has 4 rings (SSSR count). The summed E-state index contributed by atoms with van der Waals surface area (Å²) >= 11 is 0. The van der Waals surface area contributed by atoms with Gasteiger partial charge in [-0.1, -0.05) is 42.8 Å². The van der Waals surface area contributed by atoms with Crippen LogP contribution in [0.4, 0.5) is 0 Å². The largest absolute Gasteiger partial charge is 0.507 e. The van der Waals surface area contributed by atoms with Crippen LogP contribution in [-0.2, 0) is 16.1 Å². The number of amides is 1. The van der Waals surface area contributed by atoms with Gasteiger partial charge in [0, 0.05) is 24.5 Å². The number of ether oxygens (including phenoxy) is 1. The molecule has 0 radical (unpaired) electrons. The summed E-state index contributed by atoms with van der Waals surface area (Å²) in [6, 6.07) is 15.9. The van der Waals surface area contributed by atoms with Crippen LogP contribution in [0.15, 0.2) is 72.6 Å². The van der Waals surface area contributed by atoms with Crippen molar-refractivity contribution in [2.24, 2.45) is 0 Å². The van der Waals surface area contributed by atoms with Crippen LogP contribution in [0.25, 0.3) is 5.76 Å². The van der Waals surface area contributed by atoms with Crippen LogP contribution >= 0.6 is 0 Å². The maximum absolute atomic E-state index is 13.3. The molecule has 0 spiro atoms. The molecule has 6 heteroatoms. The predicted molar refractivity (Wildman–Crippen MR) is 130 cm³/mol. The molecule has 1 amide bonds. The lowest BCUT2D eigenvalue weighted by atomic mass is 9.93. The number of Topliss-reactive ketones (excluding diaryl/α,β-unsaturated/α-hetero) is 1. The Hall–Kier alpha value is -3.93. The topological polar surface area (TPSA) is 79.7 Å². The van der Waals surface area contributed by atoms with Crippen molar-refractivity contribution in [3.8, 4) is 5.75 Å². The quantitative estimate of drug-likeness (QED) is 0.304. The highest BCUT2D eigenvalue weighted by atomic mass is 16.5. The third-order valence-electron chi connectivity index (χ3n) is 5.93. The molecule has 1 N–H and O–H groups in total. The van der Waals surface area contributed by atoms with Gasteiger partial charge in [-0.05, 0) is 61.2 Å². The predicted octanol–water partition coefficient (Wildman–Crippen LogP) is 5.11. The van der Waals surface area contributed by atoms with Gasteiger partial charge in [-0.3, -0.25) is 14.6 Å². The third-order valence-corrected chi connectivity index (χ3v) is 5.93. The molecule has 1 atom stereocenters. The van der Waals surface area contributed by atoms with E-state index in [4.69, 9.17) is 4.74 Å². The molecule has 0 saturated carbocycles. The van der Waals surface area contributed by atoms with E-state index in [2.05, 4.69) is 4.98 Å². The van der Waals surface area contributed by atoms with Crippen LogP contribution in [0.1, 0.15) is 47.2 Å². The number of hydrogen-bond acceptors (Lipinski definition) is 5.